The molecule has 0 aliphatic heterocycles. The molecule has 1 amide bonds. The zero-order chi connectivity index (χ0) is 20.4. The first kappa shape index (κ1) is 19.4. The van der Waals surface area contributed by atoms with Gasteiger partial charge in [-0.15, -0.1) is 28.1 Å². The molecule has 3 aromatic heterocycles. The third kappa shape index (κ3) is 4.10. The Morgan fingerprint density at radius 2 is 2.24 bits per heavy atom. The number of thioether (sulfide) groups is 1. The van der Waals surface area contributed by atoms with E-state index in [1.165, 1.54) is 23.1 Å². The molecule has 0 aliphatic carbocycles. The summed E-state index contributed by atoms with van der Waals surface area (Å²) in [5.74, 6) is 1.09. The van der Waals surface area contributed by atoms with Gasteiger partial charge in [-0.2, -0.15) is 0 Å². The van der Waals surface area contributed by atoms with Crippen LogP contribution < -0.4 is 5.32 Å². The van der Waals surface area contributed by atoms with Crippen molar-refractivity contribution < 1.29 is 9.21 Å². The lowest BCUT2D eigenvalue weighted by Crippen LogP contribution is -2.22. The molecule has 4 rings (SSSR count). The summed E-state index contributed by atoms with van der Waals surface area (Å²) in [5, 5.41) is 15.2. The van der Waals surface area contributed by atoms with E-state index in [1.807, 2.05) is 54.1 Å². The quantitative estimate of drug-likeness (QED) is 0.339. The van der Waals surface area contributed by atoms with E-state index in [1.54, 1.807) is 6.08 Å². The van der Waals surface area contributed by atoms with E-state index in [0.29, 0.717) is 28.4 Å². The fourth-order valence-electron chi connectivity index (χ4n) is 2.77. The SMILES string of the molecule is C=CCn1c(S[C@H](C)C(=O)Nc2nc(C)cs2)nnc1-c1cc2ccccc2o1. The van der Waals surface area contributed by atoms with Crippen LogP contribution in [0.2, 0.25) is 0 Å². The average molecular weight is 426 g/mol. The fraction of sp³-hybridized carbons (Fsp3) is 0.200. The van der Waals surface area contributed by atoms with Crippen molar-refractivity contribution in [3.05, 3.63) is 54.1 Å². The average Bonchev–Trinajstić information content (AvgIpc) is 3.41. The van der Waals surface area contributed by atoms with Crippen LogP contribution in [-0.2, 0) is 11.3 Å². The topological polar surface area (TPSA) is 85.8 Å². The van der Waals surface area contributed by atoms with Crippen LogP contribution in [0.1, 0.15) is 12.6 Å². The van der Waals surface area contributed by atoms with Crippen molar-refractivity contribution in [2.24, 2.45) is 0 Å². The van der Waals surface area contributed by atoms with Crippen LogP contribution in [0, 0.1) is 6.92 Å². The predicted molar refractivity (Wildman–Crippen MR) is 116 cm³/mol. The summed E-state index contributed by atoms with van der Waals surface area (Å²) in [5.41, 5.74) is 1.67. The maximum Gasteiger partial charge on any atom is 0.239 e. The van der Waals surface area contributed by atoms with Gasteiger partial charge in [-0.05, 0) is 26.0 Å². The van der Waals surface area contributed by atoms with Gasteiger partial charge in [0, 0.05) is 17.3 Å². The first-order valence-electron chi connectivity index (χ1n) is 8.98. The molecule has 0 saturated carbocycles. The van der Waals surface area contributed by atoms with E-state index in [-0.39, 0.29) is 11.2 Å². The summed E-state index contributed by atoms with van der Waals surface area (Å²) < 4.78 is 7.83. The van der Waals surface area contributed by atoms with Gasteiger partial charge in [0.1, 0.15) is 5.58 Å². The highest BCUT2D eigenvalue weighted by atomic mass is 32.2. The Labute approximate surface area is 175 Å². The largest absolute Gasteiger partial charge is 0.453 e. The number of nitrogens with one attached hydrogen (secondary N) is 1. The molecule has 0 fully saturated rings. The van der Waals surface area contributed by atoms with Crippen molar-refractivity contribution in [3.8, 4) is 11.6 Å². The molecule has 1 N–H and O–H groups in total. The Morgan fingerprint density at radius 3 is 2.97 bits per heavy atom. The molecule has 0 spiro atoms. The number of aryl methyl sites for hydroxylation is 1. The third-order valence-corrected chi connectivity index (χ3v) is 6.13. The van der Waals surface area contributed by atoms with Crippen LogP contribution >= 0.6 is 23.1 Å². The standard InChI is InChI=1S/C20H19N5O2S2/c1-4-9-25-17(16-10-14-7-5-6-8-15(14)27-16)23-24-20(25)29-13(3)18(26)22-19-21-12(2)11-28-19/h4-8,10-11,13H,1,9H2,2-3H3,(H,21,22,26)/t13-/m1/s1. The Kier molecular flexibility index (Phi) is 5.50. The zero-order valence-corrected chi connectivity index (χ0v) is 17.6. The van der Waals surface area contributed by atoms with Crippen LogP contribution in [-0.4, -0.2) is 30.9 Å². The molecular formula is C20H19N5O2S2. The highest BCUT2D eigenvalue weighted by Gasteiger charge is 2.22. The number of carbonyl (C=O) groups excluding carboxylic acids is 1. The maximum atomic E-state index is 12.5. The van der Waals surface area contributed by atoms with Gasteiger partial charge in [0.15, 0.2) is 16.0 Å². The molecule has 0 radical (unpaired) electrons. The van der Waals surface area contributed by atoms with E-state index in [2.05, 4.69) is 27.1 Å². The summed E-state index contributed by atoms with van der Waals surface area (Å²) in [4.78, 5) is 16.8. The Hall–Kier alpha value is -2.91. The number of furan rings is 1. The monoisotopic (exact) mass is 425 g/mol. The van der Waals surface area contributed by atoms with Crippen molar-refractivity contribution >= 4 is 45.1 Å². The Morgan fingerprint density at radius 1 is 1.41 bits per heavy atom. The lowest BCUT2D eigenvalue weighted by atomic mass is 10.2. The van der Waals surface area contributed by atoms with Gasteiger partial charge >= 0.3 is 0 Å². The van der Waals surface area contributed by atoms with Crippen molar-refractivity contribution in [1.82, 2.24) is 19.7 Å². The molecule has 1 aromatic carbocycles. The van der Waals surface area contributed by atoms with Crippen molar-refractivity contribution in [2.45, 2.75) is 30.8 Å². The van der Waals surface area contributed by atoms with Crippen LogP contribution in [0.3, 0.4) is 0 Å². The van der Waals surface area contributed by atoms with Gasteiger partial charge in [-0.1, -0.05) is 36.0 Å². The minimum atomic E-state index is -0.379. The highest BCUT2D eigenvalue weighted by Crippen LogP contribution is 2.31. The number of hydrogen-bond acceptors (Lipinski definition) is 7. The van der Waals surface area contributed by atoms with Crippen molar-refractivity contribution in [3.63, 3.8) is 0 Å². The van der Waals surface area contributed by atoms with Gasteiger partial charge in [-0.25, -0.2) is 4.98 Å². The molecule has 0 saturated heterocycles. The van der Waals surface area contributed by atoms with Crippen LogP contribution in [0.5, 0.6) is 0 Å². The number of aromatic nitrogens is 4. The number of thiazole rings is 1. The maximum absolute atomic E-state index is 12.5. The Bertz CT molecular complexity index is 1140. The molecular weight excluding hydrogens is 406 g/mol. The van der Waals surface area contributed by atoms with E-state index in [4.69, 9.17) is 4.42 Å². The van der Waals surface area contributed by atoms with Crippen LogP contribution in [0.4, 0.5) is 5.13 Å². The number of rotatable bonds is 7. The first-order chi connectivity index (χ1) is 14.0. The predicted octanol–water partition coefficient (Wildman–Crippen LogP) is 4.76. The van der Waals surface area contributed by atoms with Gasteiger partial charge in [0.05, 0.1) is 10.9 Å². The zero-order valence-electron chi connectivity index (χ0n) is 16.0. The number of amides is 1. The number of hydrogen-bond donors (Lipinski definition) is 1. The van der Waals surface area contributed by atoms with Gasteiger partial charge in [-0.3, -0.25) is 9.36 Å². The molecule has 3 heterocycles. The fourth-order valence-corrected chi connectivity index (χ4v) is 4.32. The summed E-state index contributed by atoms with van der Waals surface area (Å²) in [6, 6.07) is 9.72. The molecule has 29 heavy (non-hydrogen) atoms. The van der Waals surface area contributed by atoms with Crippen molar-refractivity contribution in [2.75, 3.05) is 5.32 Å². The molecule has 4 aromatic rings. The van der Waals surface area contributed by atoms with Gasteiger partial charge in [0.25, 0.3) is 0 Å². The number of anilines is 1. The molecule has 148 valence electrons. The highest BCUT2D eigenvalue weighted by molar-refractivity contribution is 8.00. The van der Waals surface area contributed by atoms with E-state index in [0.717, 1.165) is 16.7 Å². The second-order valence-corrected chi connectivity index (χ2v) is 8.56. The molecule has 0 bridgehead atoms. The molecule has 1 atom stereocenters. The first-order valence-corrected chi connectivity index (χ1v) is 10.7. The molecule has 0 aliphatic rings. The number of allylic oxidation sites excluding steroid dienone is 1. The summed E-state index contributed by atoms with van der Waals surface area (Å²) in [6.07, 6.45) is 1.77. The molecule has 0 unspecified atom stereocenters. The normalized spacial score (nSPS) is 12.2. The smallest absolute Gasteiger partial charge is 0.239 e. The number of nitrogens with zero attached hydrogens (tertiary/aromatic N) is 4. The van der Waals surface area contributed by atoms with Crippen molar-refractivity contribution in [1.29, 1.82) is 0 Å². The van der Waals surface area contributed by atoms with E-state index >= 15 is 0 Å². The lowest BCUT2D eigenvalue weighted by Gasteiger charge is -2.11. The molecule has 7 nitrogen and oxygen atoms in total. The van der Waals surface area contributed by atoms with Gasteiger partial charge in [0.2, 0.25) is 11.7 Å². The second kappa shape index (κ2) is 8.22. The Balaban J connectivity index is 1.57. The summed E-state index contributed by atoms with van der Waals surface area (Å²) in [7, 11) is 0. The van der Waals surface area contributed by atoms with E-state index < -0.39 is 0 Å². The molecule has 9 heteroatoms. The van der Waals surface area contributed by atoms with Crippen LogP contribution in [0.15, 0.2) is 57.9 Å². The van der Waals surface area contributed by atoms with Crippen LogP contribution in [0.25, 0.3) is 22.6 Å². The number of fused-ring (bicyclic) bond motifs is 1. The minimum Gasteiger partial charge on any atom is -0.453 e. The number of benzene rings is 1. The lowest BCUT2D eigenvalue weighted by molar-refractivity contribution is -0.115. The third-order valence-electron chi connectivity index (χ3n) is 4.17. The number of para-hydroxylation sites is 1. The minimum absolute atomic E-state index is 0.136. The summed E-state index contributed by atoms with van der Waals surface area (Å²) in [6.45, 7) is 8.04. The van der Waals surface area contributed by atoms with E-state index in [9.17, 15) is 4.79 Å². The number of carbonyl (C=O) groups is 1. The second-order valence-electron chi connectivity index (χ2n) is 6.40. The van der Waals surface area contributed by atoms with Gasteiger partial charge < -0.3 is 9.73 Å². The summed E-state index contributed by atoms with van der Waals surface area (Å²) >= 11 is 2.74.